The summed E-state index contributed by atoms with van der Waals surface area (Å²) in [5.74, 6) is 0.846. The third-order valence-corrected chi connectivity index (χ3v) is 2.08. The van der Waals surface area contributed by atoms with Crippen LogP contribution in [0.25, 0.3) is 0 Å². The predicted molar refractivity (Wildman–Crippen MR) is 106 cm³/mol. The second kappa shape index (κ2) is 23.2. The second-order valence-electron chi connectivity index (χ2n) is 3.45. The van der Waals surface area contributed by atoms with Gasteiger partial charge in [-0.05, 0) is 24.3 Å². The lowest BCUT2D eigenvalue weighted by Crippen LogP contribution is -1.78. The van der Waals surface area contributed by atoms with Gasteiger partial charge in [-0.1, -0.05) is 64.1 Å². The summed E-state index contributed by atoms with van der Waals surface area (Å²) in [6, 6.07) is 19.0. The SMILES string of the molecule is CC.CC.CC(=O)O.COc1ccccc1.[3H]POc1ccccc1. The number of rotatable bonds is 3. The van der Waals surface area contributed by atoms with E-state index in [-0.39, 0.29) is 9.41 Å². The molecule has 1 atom stereocenters. The molecule has 4 nitrogen and oxygen atoms in total. The van der Waals surface area contributed by atoms with Crippen LogP contribution >= 0.6 is 9.41 Å². The summed E-state index contributed by atoms with van der Waals surface area (Å²) in [6.45, 7) is 9.08. The number of methoxy groups -OCH3 is 1. The van der Waals surface area contributed by atoms with Crippen LogP contribution in [0.1, 0.15) is 34.6 Å². The average Bonchev–Trinajstić information content (AvgIpc) is 2.67. The van der Waals surface area contributed by atoms with Crippen molar-refractivity contribution >= 4 is 15.4 Å². The lowest BCUT2D eigenvalue weighted by atomic mass is 10.3. The molecular formula is C19H31O4P. The molecule has 0 aromatic heterocycles. The zero-order chi connectivity index (χ0) is 19.9. The van der Waals surface area contributed by atoms with E-state index in [1.807, 2.05) is 88.4 Å². The number of carboxylic acid groups (broad SMARTS) is 1. The van der Waals surface area contributed by atoms with Gasteiger partial charge >= 0.3 is 0 Å². The van der Waals surface area contributed by atoms with E-state index in [0.29, 0.717) is 0 Å². The fourth-order valence-electron chi connectivity index (χ4n) is 1.05. The van der Waals surface area contributed by atoms with Gasteiger partial charge in [0.15, 0.2) is 0 Å². The van der Waals surface area contributed by atoms with Crippen molar-refractivity contribution in [3.63, 3.8) is 0 Å². The molecule has 1 unspecified atom stereocenters. The minimum absolute atomic E-state index is 0.215. The topological polar surface area (TPSA) is 55.8 Å². The van der Waals surface area contributed by atoms with Crippen molar-refractivity contribution in [1.82, 2.24) is 0 Å². The quantitative estimate of drug-likeness (QED) is 0.717. The van der Waals surface area contributed by atoms with Gasteiger partial charge in [-0.3, -0.25) is 4.79 Å². The maximum Gasteiger partial charge on any atom is 0.300 e. The molecule has 24 heavy (non-hydrogen) atoms. The zero-order valence-electron chi connectivity index (χ0n) is 16.4. The zero-order valence-corrected chi connectivity index (χ0v) is 16.4. The Bertz CT molecular complexity index is 477. The summed E-state index contributed by atoms with van der Waals surface area (Å²) < 4.78 is 16.6. The first-order valence-electron chi connectivity index (χ1n) is 8.27. The number of benzene rings is 2. The van der Waals surface area contributed by atoms with Crippen LogP contribution in [-0.2, 0) is 4.79 Å². The van der Waals surface area contributed by atoms with Gasteiger partial charge in [0.25, 0.3) is 5.97 Å². The molecule has 0 bridgehead atoms. The lowest BCUT2D eigenvalue weighted by Gasteiger charge is -1.93. The molecule has 136 valence electrons. The lowest BCUT2D eigenvalue weighted by molar-refractivity contribution is -0.134. The number of carbonyl (C=O) groups is 1. The number of aliphatic carboxylic acids is 1. The Hall–Kier alpha value is -2.06. The first kappa shape index (κ1) is 24.2. The number of para-hydroxylation sites is 2. The van der Waals surface area contributed by atoms with Crippen LogP contribution in [0.4, 0.5) is 0 Å². The molecule has 0 heterocycles. The predicted octanol–water partition coefficient (Wildman–Crippen LogP) is 5.69. The van der Waals surface area contributed by atoms with E-state index in [1.54, 1.807) is 7.11 Å². The largest absolute Gasteiger partial charge is 0.497 e. The van der Waals surface area contributed by atoms with Crippen molar-refractivity contribution in [2.75, 3.05) is 7.11 Å². The first-order valence-corrected chi connectivity index (χ1v) is 8.18. The van der Waals surface area contributed by atoms with Crippen molar-refractivity contribution in [2.45, 2.75) is 34.6 Å². The van der Waals surface area contributed by atoms with Gasteiger partial charge < -0.3 is 14.4 Å². The summed E-state index contributed by atoms with van der Waals surface area (Å²) in [5, 5.41) is 7.42. The fraction of sp³-hybridized carbons (Fsp3) is 0.316. The van der Waals surface area contributed by atoms with Crippen molar-refractivity contribution in [1.29, 1.82) is 1.28 Å². The minimum atomic E-state index is -0.833. The van der Waals surface area contributed by atoms with E-state index in [0.717, 1.165) is 18.4 Å². The highest BCUT2D eigenvalue weighted by atomic mass is 31.0. The molecule has 5 heteroatoms. The van der Waals surface area contributed by atoms with Crippen molar-refractivity contribution < 1.29 is 19.2 Å². The van der Waals surface area contributed by atoms with Crippen LogP contribution in [0.15, 0.2) is 60.7 Å². The summed E-state index contributed by atoms with van der Waals surface area (Å²) in [7, 11) is 1.45. The summed E-state index contributed by atoms with van der Waals surface area (Å²) >= 11 is 0. The molecule has 0 aliphatic heterocycles. The van der Waals surface area contributed by atoms with Crippen LogP contribution < -0.4 is 9.26 Å². The molecule has 0 radical (unpaired) electrons. The molecule has 0 spiro atoms. The second-order valence-corrected chi connectivity index (χ2v) is 3.66. The van der Waals surface area contributed by atoms with Gasteiger partial charge in [0.05, 0.1) is 17.8 Å². The minimum Gasteiger partial charge on any atom is -0.497 e. The number of hydrogen-bond acceptors (Lipinski definition) is 3. The molecule has 1 N–H and O–H groups in total. The molecule has 0 saturated heterocycles. The van der Waals surface area contributed by atoms with Gasteiger partial charge in [-0.15, -0.1) is 0 Å². The third kappa shape index (κ3) is 22.2. The highest BCUT2D eigenvalue weighted by molar-refractivity contribution is 7.10. The molecular weight excluding hydrogens is 323 g/mol. The smallest absolute Gasteiger partial charge is 0.300 e. The van der Waals surface area contributed by atoms with Gasteiger partial charge in [0.2, 0.25) is 0 Å². The first-order chi connectivity index (χ1) is 12.1. The molecule has 0 amide bonds. The van der Waals surface area contributed by atoms with Crippen LogP contribution in [0, 0.1) is 0 Å². The highest BCUT2D eigenvalue weighted by Crippen LogP contribution is 2.09. The Balaban J connectivity index is -0.000000278. The Kier molecular flexibility index (Phi) is 23.4. The number of carboxylic acids is 1. The van der Waals surface area contributed by atoms with E-state index >= 15 is 0 Å². The van der Waals surface area contributed by atoms with E-state index in [4.69, 9.17) is 20.4 Å². The van der Waals surface area contributed by atoms with Crippen molar-refractivity contribution in [2.24, 2.45) is 0 Å². The highest BCUT2D eigenvalue weighted by Gasteiger charge is 1.81. The molecule has 0 saturated carbocycles. The van der Waals surface area contributed by atoms with Crippen LogP contribution in [0.2, 0.25) is 0 Å². The van der Waals surface area contributed by atoms with E-state index < -0.39 is 5.97 Å². The summed E-state index contributed by atoms with van der Waals surface area (Å²) in [4.78, 5) is 9.00. The van der Waals surface area contributed by atoms with Crippen LogP contribution in [0.3, 0.4) is 0 Å². The monoisotopic (exact) mass is 356 g/mol. The van der Waals surface area contributed by atoms with Crippen molar-refractivity contribution in [3.8, 4) is 11.5 Å². The van der Waals surface area contributed by atoms with Crippen LogP contribution in [-0.4, -0.2) is 19.5 Å². The Morgan fingerprint density at radius 3 is 1.50 bits per heavy atom. The van der Waals surface area contributed by atoms with Gasteiger partial charge in [0, 0.05) is 6.92 Å². The summed E-state index contributed by atoms with van der Waals surface area (Å²) in [6.07, 6.45) is 0. The Morgan fingerprint density at radius 1 is 0.917 bits per heavy atom. The normalized spacial score (nSPS) is 8.33. The molecule has 2 aromatic rings. The molecule has 2 rings (SSSR count). The maximum atomic E-state index is 9.00. The third-order valence-electron chi connectivity index (χ3n) is 1.84. The Morgan fingerprint density at radius 2 is 1.25 bits per heavy atom. The molecule has 2 aromatic carbocycles. The fourth-order valence-corrected chi connectivity index (χ4v) is 1.18. The van der Waals surface area contributed by atoms with E-state index in [1.165, 1.54) is 0 Å². The molecule has 0 fully saturated rings. The maximum absolute atomic E-state index is 9.00. The molecule has 0 aliphatic rings. The molecule has 0 aliphatic carbocycles. The van der Waals surface area contributed by atoms with Gasteiger partial charge in [0.1, 0.15) is 11.5 Å². The van der Waals surface area contributed by atoms with Gasteiger partial charge in [-0.25, -0.2) is 0 Å². The van der Waals surface area contributed by atoms with E-state index in [2.05, 4.69) is 0 Å². The van der Waals surface area contributed by atoms with E-state index in [9.17, 15) is 0 Å². The van der Waals surface area contributed by atoms with Crippen LogP contribution in [0.5, 0.6) is 11.5 Å². The number of hydrogen-bond donors (Lipinski definition) is 1. The summed E-state index contributed by atoms with van der Waals surface area (Å²) in [5.41, 5.74) is 0. The average molecular weight is 356 g/mol. The number of ether oxygens (including phenoxy) is 1. The Labute approximate surface area is 150 Å². The standard InChI is InChI=1S/C7H8O.C6H7OP.C2H4O2.2C2H6/c1-8-7-5-3-2-4-6-7;8-7-6-4-2-1-3-5-6;1-2(3)4;2*1-2/h2-6H,1H3;1-5H,8H2;1H3,(H,3,4);2*1-2H3/i;8T;;;. The van der Waals surface area contributed by atoms with Gasteiger partial charge in [-0.2, -0.15) is 0 Å². The van der Waals surface area contributed by atoms with Crippen molar-refractivity contribution in [3.05, 3.63) is 60.7 Å².